The highest BCUT2D eigenvalue weighted by molar-refractivity contribution is 5.94. The lowest BCUT2D eigenvalue weighted by Crippen LogP contribution is -2.59. The van der Waals surface area contributed by atoms with E-state index in [9.17, 15) is 14.4 Å². The van der Waals surface area contributed by atoms with Crippen molar-refractivity contribution in [2.45, 2.75) is 118 Å². The first kappa shape index (κ1) is 29.4. The Morgan fingerprint density at radius 1 is 0.968 bits per heavy atom. The SMILES string of the molecule is CCCC(C)(CC)NC(C(=O)N[C@@H](CCCNC(N)=O)C(=O)C(C)(C)CCC)C(C)C. The van der Waals surface area contributed by atoms with Crippen LogP contribution in [0.3, 0.4) is 0 Å². The lowest BCUT2D eigenvalue weighted by molar-refractivity contribution is -0.134. The van der Waals surface area contributed by atoms with Crippen LogP contribution in [0.4, 0.5) is 4.79 Å². The second kappa shape index (κ2) is 13.7. The van der Waals surface area contributed by atoms with Gasteiger partial charge in [-0.25, -0.2) is 4.79 Å². The van der Waals surface area contributed by atoms with E-state index in [1.165, 1.54) is 0 Å². The van der Waals surface area contributed by atoms with Crippen molar-refractivity contribution in [2.75, 3.05) is 6.54 Å². The van der Waals surface area contributed by atoms with Gasteiger partial charge in [-0.1, -0.05) is 61.3 Å². The number of amides is 3. The Morgan fingerprint density at radius 2 is 1.55 bits per heavy atom. The summed E-state index contributed by atoms with van der Waals surface area (Å²) in [5, 5.41) is 9.17. The summed E-state index contributed by atoms with van der Waals surface area (Å²) < 4.78 is 0. The molecule has 0 aromatic rings. The minimum Gasteiger partial charge on any atom is -0.352 e. The molecule has 0 aromatic heterocycles. The zero-order chi connectivity index (χ0) is 24.2. The molecule has 0 aliphatic rings. The molecular formula is C24H48N4O3. The van der Waals surface area contributed by atoms with Gasteiger partial charge in [-0.3, -0.25) is 9.59 Å². The summed E-state index contributed by atoms with van der Waals surface area (Å²) in [5.41, 5.74) is 4.48. The van der Waals surface area contributed by atoms with Crippen LogP contribution in [-0.2, 0) is 9.59 Å². The summed E-state index contributed by atoms with van der Waals surface area (Å²) in [6, 6.07) is -1.56. The summed E-state index contributed by atoms with van der Waals surface area (Å²) >= 11 is 0. The van der Waals surface area contributed by atoms with Crippen molar-refractivity contribution in [1.82, 2.24) is 16.0 Å². The second-order valence-electron chi connectivity index (χ2n) is 10.0. The predicted octanol–water partition coefficient (Wildman–Crippen LogP) is 3.90. The Hall–Kier alpha value is -1.63. The molecule has 0 rings (SSSR count). The molecule has 0 spiro atoms. The molecule has 3 atom stereocenters. The van der Waals surface area contributed by atoms with Crippen LogP contribution in [0.5, 0.6) is 0 Å². The smallest absolute Gasteiger partial charge is 0.312 e. The summed E-state index contributed by atoms with van der Waals surface area (Å²) in [7, 11) is 0. The molecule has 7 heteroatoms. The van der Waals surface area contributed by atoms with Crippen LogP contribution in [0.1, 0.15) is 100 Å². The van der Waals surface area contributed by atoms with Gasteiger partial charge in [0.05, 0.1) is 12.1 Å². The van der Waals surface area contributed by atoms with E-state index in [2.05, 4.69) is 43.6 Å². The first-order valence-electron chi connectivity index (χ1n) is 12.0. The first-order chi connectivity index (χ1) is 14.3. The van der Waals surface area contributed by atoms with Gasteiger partial charge in [0.1, 0.15) is 0 Å². The van der Waals surface area contributed by atoms with Gasteiger partial charge in [0.25, 0.3) is 0 Å². The molecular weight excluding hydrogens is 392 g/mol. The lowest BCUT2D eigenvalue weighted by Gasteiger charge is -2.37. The summed E-state index contributed by atoms with van der Waals surface area (Å²) in [5.74, 6) is -0.0194. The van der Waals surface area contributed by atoms with Gasteiger partial charge in [-0.05, 0) is 44.9 Å². The third-order valence-corrected chi connectivity index (χ3v) is 6.18. The molecule has 182 valence electrons. The zero-order valence-electron chi connectivity index (χ0n) is 21.2. The average molecular weight is 441 g/mol. The Bertz CT molecular complexity index is 577. The standard InChI is InChI=1S/C24H48N4O3/c1-9-14-23(6,7)20(29)18(13-12-16-26-22(25)31)27-21(30)19(17(4)5)28-24(8,11-3)15-10-2/h17-19,28H,9-16H2,1-8H3,(H,27,30)(H3,25,26,31)/t18-,19?,24?/m0/s1. The van der Waals surface area contributed by atoms with E-state index >= 15 is 0 Å². The van der Waals surface area contributed by atoms with Gasteiger partial charge >= 0.3 is 6.03 Å². The normalized spacial score (nSPS) is 15.8. The number of Topliss-reactive ketones (excluding diaryl/α,β-unsaturated/α-hetero) is 1. The van der Waals surface area contributed by atoms with E-state index in [1.807, 2.05) is 27.7 Å². The van der Waals surface area contributed by atoms with Crippen LogP contribution in [0.25, 0.3) is 0 Å². The fraction of sp³-hybridized carbons (Fsp3) is 0.875. The zero-order valence-corrected chi connectivity index (χ0v) is 21.2. The fourth-order valence-electron chi connectivity index (χ4n) is 4.08. The van der Waals surface area contributed by atoms with E-state index in [0.29, 0.717) is 19.4 Å². The van der Waals surface area contributed by atoms with Crippen molar-refractivity contribution >= 4 is 17.7 Å². The number of carbonyl (C=O) groups excluding carboxylic acids is 3. The molecule has 2 unspecified atom stereocenters. The highest BCUT2D eigenvalue weighted by atomic mass is 16.2. The molecule has 5 N–H and O–H groups in total. The molecule has 31 heavy (non-hydrogen) atoms. The third kappa shape index (κ3) is 10.5. The summed E-state index contributed by atoms with van der Waals surface area (Å²) in [4.78, 5) is 37.6. The molecule has 3 amide bonds. The summed E-state index contributed by atoms with van der Waals surface area (Å²) in [6.45, 7) is 16.8. The molecule has 0 aromatic carbocycles. The van der Waals surface area contributed by atoms with Gasteiger partial charge in [0.2, 0.25) is 5.91 Å². The van der Waals surface area contributed by atoms with Crippen molar-refractivity contribution in [3.05, 3.63) is 0 Å². The molecule has 0 bridgehead atoms. The largest absolute Gasteiger partial charge is 0.352 e. The monoisotopic (exact) mass is 440 g/mol. The van der Waals surface area contributed by atoms with Crippen molar-refractivity contribution in [3.63, 3.8) is 0 Å². The van der Waals surface area contributed by atoms with E-state index in [0.717, 1.165) is 32.1 Å². The van der Waals surface area contributed by atoms with Gasteiger partial charge < -0.3 is 21.7 Å². The maximum atomic E-state index is 13.3. The number of rotatable bonds is 16. The molecule has 0 heterocycles. The Balaban J connectivity index is 5.51. The van der Waals surface area contributed by atoms with Gasteiger partial charge in [-0.2, -0.15) is 0 Å². The second-order valence-corrected chi connectivity index (χ2v) is 10.0. The third-order valence-electron chi connectivity index (χ3n) is 6.18. The van der Waals surface area contributed by atoms with Crippen molar-refractivity contribution in [1.29, 1.82) is 0 Å². The van der Waals surface area contributed by atoms with Gasteiger partial charge in [0.15, 0.2) is 5.78 Å². The van der Waals surface area contributed by atoms with E-state index < -0.39 is 17.5 Å². The molecule has 0 saturated heterocycles. The van der Waals surface area contributed by atoms with E-state index in [-0.39, 0.29) is 29.2 Å². The van der Waals surface area contributed by atoms with Crippen LogP contribution in [0.2, 0.25) is 0 Å². The topological polar surface area (TPSA) is 113 Å². The van der Waals surface area contributed by atoms with Gasteiger partial charge in [0, 0.05) is 17.5 Å². The quantitative estimate of drug-likeness (QED) is 0.273. The van der Waals surface area contributed by atoms with Crippen molar-refractivity contribution < 1.29 is 14.4 Å². The number of nitrogens with one attached hydrogen (secondary N) is 3. The maximum absolute atomic E-state index is 13.3. The number of hydrogen-bond acceptors (Lipinski definition) is 4. The fourth-order valence-corrected chi connectivity index (χ4v) is 4.08. The Morgan fingerprint density at radius 3 is 2.00 bits per heavy atom. The van der Waals surface area contributed by atoms with Crippen molar-refractivity contribution in [2.24, 2.45) is 17.1 Å². The molecule has 0 aliphatic heterocycles. The highest BCUT2D eigenvalue weighted by Crippen LogP contribution is 2.26. The first-order valence-corrected chi connectivity index (χ1v) is 12.0. The molecule has 0 saturated carbocycles. The number of ketones is 1. The average Bonchev–Trinajstić information content (AvgIpc) is 2.67. The predicted molar refractivity (Wildman–Crippen MR) is 128 cm³/mol. The van der Waals surface area contributed by atoms with E-state index in [1.54, 1.807) is 0 Å². The number of urea groups is 1. The van der Waals surface area contributed by atoms with Crippen LogP contribution in [0, 0.1) is 11.3 Å². The number of nitrogens with two attached hydrogens (primary N) is 1. The van der Waals surface area contributed by atoms with Crippen LogP contribution < -0.4 is 21.7 Å². The van der Waals surface area contributed by atoms with Crippen LogP contribution in [-0.4, -0.2) is 41.9 Å². The Kier molecular flexibility index (Phi) is 13.0. The number of carbonyl (C=O) groups is 3. The Labute approximate surface area is 190 Å². The highest BCUT2D eigenvalue weighted by Gasteiger charge is 2.36. The molecule has 0 aliphatic carbocycles. The minimum absolute atomic E-state index is 0.0380. The van der Waals surface area contributed by atoms with Gasteiger partial charge in [-0.15, -0.1) is 0 Å². The van der Waals surface area contributed by atoms with Crippen LogP contribution >= 0.6 is 0 Å². The lowest BCUT2D eigenvalue weighted by atomic mass is 9.79. The number of hydrogen-bond donors (Lipinski definition) is 4. The van der Waals surface area contributed by atoms with E-state index in [4.69, 9.17) is 5.73 Å². The molecule has 7 nitrogen and oxygen atoms in total. The summed E-state index contributed by atoms with van der Waals surface area (Å²) in [6.07, 6.45) is 5.60. The number of primary amides is 1. The van der Waals surface area contributed by atoms with Crippen LogP contribution in [0.15, 0.2) is 0 Å². The molecule has 0 fully saturated rings. The molecule has 0 radical (unpaired) electrons. The maximum Gasteiger partial charge on any atom is 0.312 e. The minimum atomic E-state index is -0.592. The van der Waals surface area contributed by atoms with Crippen molar-refractivity contribution in [3.8, 4) is 0 Å².